The summed E-state index contributed by atoms with van der Waals surface area (Å²) in [5.74, 6) is 3.27. The highest BCUT2D eigenvalue weighted by Gasteiger charge is 2.31. The van der Waals surface area contributed by atoms with Crippen molar-refractivity contribution in [1.82, 2.24) is 15.5 Å². The number of nitrogens with zero attached hydrogens (tertiary/aromatic N) is 2. The summed E-state index contributed by atoms with van der Waals surface area (Å²) in [6.07, 6.45) is 6.66. The number of amides is 1. The van der Waals surface area contributed by atoms with Gasteiger partial charge in [-0.3, -0.25) is 4.79 Å². The van der Waals surface area contributed by atoms with Gasteiger partial charge >= 0.3 is 0 Å². The highest BCUT2D eigenvalue weighted by atomic mass is 127. The molecular weight excluding hydrogens is 535 g/mol. The Bertz CT molecular complexity index is 799. The molecule has 2 fully saturated rings. The van der Waals surface area contributed by atoms with E-state index in [9.17, 15) is 4.79 Å². The largest absolute Gasteiger partial charge is 0.496 e. The molecular formula is C24H39IN4O4. The van der Waals surface area contributed by atoms with Gasteiger partial charge in [0.15, 0.2) is 17.5 Å². The van der Waals surface area contributed by atoms with E-state index in [1.807, 2.05) is 24.0 Å². The van der Waals surface area contributed by atoms with Crippen molar-refractivity contribution in [3.05, 3.63) is 17.7 Å². The molecule has 1 heterocycles. The van der Waals surface area contributed by atoms with Gasteiger partial charge in [0.1, 0.15) is 5.75 Å². The zero-order valence-electron chi connectivity index (χ0n) is 20.3. The van der Waals surface area contributed by atoms with Crippen LogP contribution in [0.15, 0.2) is 17.1 Å². The maximum atomic E-state index is 12.9. The minimum absolute atomic E-state index is 0. The second-order valence-electron chi connectivity index (χ2n) is 8.46. The Labute approximate surface area is 214 Å². The predicted molar refractivity (Wildman–Crippen MR) is 141 cm³/mol. The van der Waals surface area contributed by atoms with E-state index >= 15 is 0 Å². The molecule has 0 spiro atoms. The molecule has 1 aromatic rings. The number of methoxy groups -OCH3 is 3. The first-order chi connectivity index (χ1) is 15.6. The number of hydrogen-bond donors (Lipinski definition) is 2. The SMILES string of the molecule is CCNC(=NCc1cc(OC)c(OC)cc1OC)NC1CCN(C(=O)C2CCCCC2)C1.I. The number of guanidine groups is 1. The van der Waals surface area contributed by atoms with Crippen LogP contribution in [0.5, 0.6) is 17.2 Å². The monoisotopic (exact) mass is 574 g/mol. The normalized spacial score (nSPS) is 19.0. The topological polar surface area (TPSA) is 84.4 Å². The van der Waals surface area contributed by atoms with Crippen molar-refractivity contribution in [1.29, 1.82) is 0 Å². The van der Waals surface area contributed by atoms with Crippen LogP contribution in [0, 0.1) is 5.92 Å². The van der Waals surface area contributed by atoms with E-state index in [-0.39, 0.29) is 35.9 Å². The number of nitrogens with one attached hydrogen (secondary N) is 2. The van der Waals surface area contributed by atoms with Crippen LogP contribution in [0.25, 0.3) is 0 Å². The van der Waals surface area contributed by atoms with Gasteiger partial charge in [-0.2, -0.15) is 0 Å². The third-order valence-corrected chi connectivity index (χ3v) is 6.33. The molecule has 2 N–H and O–H groups in total. The summed E-state index contributed by atoms with van der Waals surface area (Å²) in [7, 11) is 4.85. The number of carbonyl (C=O) groups is 1. The fraction of sp³-hybridized carbons (Fsp3) is 0.667. The summed E-state index contributed by atoms with van der Waals surface area (Å²) >= 11 is 0. The summed E-state index contributed by atoms with van der Waals surface area (Å²) in [6, 6.07) is 3.91. The number of aliphatic imine (C=N–C) groups is 1. The van der Waals surface area contributed by atoms with Crippen molar-refractivity contribution in [2.75, 3.05) is 41.0 Å². The molecule has 2 aliphatic rings. The molecule has 1 aromatic carbocycles. The fourth-order valence-corrected chi connectivity index (χ4v) is 4.58. The Hall–Kier alpha value is -1.91. The zero-order valence-corrected chi connectivity index (χ0v) is 22.6. The van der Waals surface area contributed by atoms with Crippen LogP contribution in [0.4, 0.5) is 0 Å². The zero-order chi connectivity index (χ0) is 22.9. The van der Waals surface area contributed by atoms with Gasteiger partial charge in [-0.1, -0.05) is 19.3 Å². The van der Waals surface area contributed by atoms with Gasteiger partial charge in [-0.05, 0) is 32.3 Å². The molecule has 186 valence electrons. The van der Waals surface area contributed by atoms with Crippen molar-refractivity contribution in [2.24, 2.45) is 10.9 Å². The summed E-state index contributed by atoms with van der Waals surface area (Å²) in [5.41, 5.74) is 0.905. The molecule has 0 bridgehead atoms. The fourth-order valence-electron chi connectivity index (χ4n) is 4.58. The third-order valence-electron chi connectivity index (χ3n) is 6.33. The number of rotatable bonds is 8. The lowest BCUT2D eigenvalue weighted by Crippen LogP contribution is -2.45. The third kappa shape index (κ3) is 7.28. The molecule has 1 unspecified atom stereocenters. The van der Waals surface area contributed by atoms with Crippen LogP contribution in [0.3, 0.4) is 0 Å². The van der Waals surface area contributed by atoms with Crippen LogP contribution in [-0.2, 0) is 11.3 Å². The van der Waals surface area contributed by atoms with Gasteiger partial charge in [0, 0.05) is 43.2 Å². The van der Waals surface area contributed by atoms with Gasteiger partial charge in [-0.25, -0.2) is 4.99 Å². The number of hydrogen-bond acceptors (Lipinski definition) is 5. The molecule has 1 amide bonds. The summed E-state index contributed by atoms with van der Waals surface area (Å²) in [5, 5.41) is 6.83. The summed E-state index contributed by atoms with van der Waals surface area (Å²) < 4.78 is 16.3. The summed E-state index contributed by atoms with van der Waals surface area (Å²) in [4.78, 5) is 19.7. The molecule has 1 saturated carbocycles. The van der Waals surface area contributed by atoms with Crippen molar-refractivity contribution in [3.63, 3.8) is 0 Å². The van der Waals surface area contributed by atoms with Gasteiger partial charge in [0.05, 0.1) is 27.9 Å². The van der Waals surface area contributed by atoms with Crippen LogP contribution in [0.1, 0.15) is 51.0 Å². The van der Waals surface area contributed by atoms with Gasteiger partial charge in [0.2, 0.25) is 5.91 Å². The van der Waals surface area contributed by atoms with E-state index in [2.05, 4.69) is 10.6 Å². The Morgan fingerprint density at radius 1 is 1.03 bits per heavy atom. The lowest BCUT2D eigenvalue weighted by Gasteiger charge is -2.26. The van der Waals surface area contributed by atoms with E-state index in [0.717, 1.165) is 50.4 Å². The van der Waals surface area contributed by atoms with E-state index in [0.29, 0.717) is 29.7 Å². The number of halogens is 1. The maximum absolute atomic E-state index is 12.9. The molecule has 1 aliphatic carbocycles. The van der Waals surface area contributed by atoms with Gasteiger partial charge < -0.3 is 29.7 Å². The number of ether oxygens (including phenoxy) is 3. The van der Waals surface area contributed by atoms with E-state index in [4.69, 9.17) is 19.2 Å². The Morgan fingerprint density at radius 3 is 2.33 bits per heavy atom. The molecule has 1 aliphatic heterocycles. The van der Waals surface area contributed by atoms with Gasteiger partial charge in [0.25, 0.3) is 0 Å². The van der Waals surface area contributed by atoms with E-state index < -0.39 is 0 Å². The quantitative estimate of drug-likeness (QED) is 0.281. The minimum Gasteiger partial charge on any atom is -0.496 e. The van der Waals surface area contributed by atoms with Crippen molar-refractivity contribution >= 4 is 35.8 Å². The van der Waals surface area contributed by atoms with E-state index in [1.54, 1.807) is 21.3 Å². The first kappa shape index (κ1) is 27.3. The molecule has 0 aromatic heterocycles. The van der Waals surface area contributed by atoms with Crippen molar-refractivity contribution < 1.29 is 19.0 Å². The Balaban J connectivity index is 0.00000385. The Morgan fingerprint density at radius 2 is 1.70 bits per heavy atom. The first-order valence-electron chi connectivity index (χ1n) is 11.7. The molecule has 9 heteroatoms. The lowest BCUT2D eigenvalue weighted by molar-refractivity contribution is -0.135. The van der Waals surface area contributed by atoms with Crippen molar-refractivity contribution in [3.8, 4) is 17.2 Å². The molecule has 1 atom stereocenters. The molecule has 3 rings (SSSR count). The lowest BCUT2D eigenvalue weighted by atomic mass is 9.88. The minimum atomic E-state index is 0. The van der Waals surface area contributed by atoms with Crippen LogP contribution in [0.2, 0.25) is 0 Å². The molecule has 1 saturated heterocycles. The van der Waals surface area contributed by atoms with Crippen LogP contribution >= 0.6 is 24.0 Å². The van der Waals surface area contributed by atoms with Crippen LogP contribution < -0.4 is 24.8 Å². The highest BCUT2D eigenvalue weighted by Crippen LogP contribution is 2.35. The number of carbonyl (C=O) groups excluding carboxylic acids is 1. The average Bonchev–Trinajstić information content (AvgIpc) is 3.30. The van der Waals surface area contributed by atoms with Crippen LogP contribution in [-0.4, -0.2) is 63.8 Å². The van der Waals surface area contributed by atoms with Gasteiger partial charge in [-0.15, -0.1) is 24.0 Å². The second-order valence-corrected chi connectivity index (χ2v) is 8.46. The molecule has 8 nitrogen and oxygen atoms in total. The molecule has 33 heavy (non-hydrogen) atoms. The Kier molecular flexibility index (Phi) is 11.4. The second kappa shape index (κ2) is 13.7. The average molecular weight is 575 g/mol. The van der Waals surface area contributed by atoms with Crippen molar-refractivity contribution in [2.45, 2.75) is 58.0 Å². The molecule has 0 radical (unpaired) electrons. The number of likely N-dealkylation sites (tertiary alicyclic amines) is 1. The predicted octanol–water partition coefficient (Wildman–Crippen LogP) is 3.57. The van der Waals surface area contributed by atoms with E-state index in [1.165, 1.54) is 19.3 Å². The standard InChI is InChI=1S/C24H38N4O4.HI/c1-5-25-24(26-15-18-13-21(31-3)22(32-4)14-20(18)30-2)27-19-11-12-28(16-19)23(29)17-9-7-6-8-10-17;/h13-14,17,19H,5-12,15-16H2,1-4H3,(H2,25,26,27);1H. The maximum Gasteiger partial charge on any atom is 0.225 e. The number of benzene rings is 1. The first-order valence-corrected chi connectivity index (χ1v) is 11.7. The highest BCUT2D eigenvalue weighted by molar-refractivity contribution is 14.0. The smallest absolute Gasteiger partial charge is 0.225 e. The summed E-state index contributed by atoms with van der Waals surface area (Å²) in [6.45, 7) is 4.78.